The summed E-state index contributed by atoms with van der Waals surface area (Å²) in [5.41, 5.74) is 0.889. The molecular weight excluding hydrogens is 157 g/mol. The van der Waals surface area contributed by atoms with Gasteiger partial charge in [-0.2, -0.15) is 0 Å². The van der Waals surface area contributed by atoms with Crippen LogP contribution in [0.25, 0.3) is 5.65 Å². The van der Waals surface area contributed by atoms with Crippen LogP contribution < -0.4 is 5.59 Å². The van der Waals surface area contributed by atoms with Crippen LogP contribution in [0.3, 0.4) is 0 Å². The summed E-state index contributed by atoms with van der Waals surface area (Å²) in [5, 5.41) is 17.6. The van der Waals surface area contributed by atoms with Crippen molar-refractivity contribution in [3.63, 3.8) is 0 Å². The normalized spacial score (nSPS) is 10.5. The molecule has 6 heteroatoms. The fraction of sp³-hybridized carbons (Fsp3) is 0. The molecular formula is C6H6BN3O2. The molecule has 0 aliphatic carbocycles. The Labute approximate surface area is 68.5 Å². The summed E-state index contributed by atoms with van der Waals surface area (Å²) in [5.74, 6) is 0. The zero-order valence-corrected chi connectivity index (χ0v) is 6.12. The van der Waals surface area contributed by atoms with Crippen LogP contribution in [0.1, 0.15) is 0 Å². The third kappa shape index (κ3) is 1.07. The Hall–Kier alpha value is -1.40. The Balaban J connectivity index is 2.60. The zero-order chi connectivity index (χ0) is 8.55. The average molecular weight is 163 g/mol. The van der Waals surface area contributed by atoms with Crippen LogP contribution in [0.5, 0.6) is 0 Å². The summed E-state index contributed by atoms with van der Waals surface area (Å²) in [6.45, 7) is 0. The van der Waals surface area contributed by atoms with Crippen LogP contribution in [0.4, 0.5) is 0 Å². The highest BCUT2D eigenvalue weighted by molar-refractivity contribution is 6.57. The molecule has 2 aromatic rings. The Morgan fingerprint density at radius 1 is 1.33 bits per heavy atom. The molecule has 0 fully saturated rings. The summed E-state index contributed by atoms with van der Waals surface area (Å²) < 4.78 is 1.67. The van der Waals surface area contributed by atoms with E-state index in [1.54, 1.807) is 16.8 Å². The van der Waals surface area contributed by atoms with Crippen molar-refractivity contribution >= 4 is 18.4 Å². The zero-order valence-electron chi connectivity index (χ0n) is 6.12. The molecule has 0 spiro atoms. The van der Waals surface area contributed by atoms with Crippen molar-refractivity contribution in [2.45, 2.75) is 0 Å². The molecule has 0 saturated heterocycles. The molecule has 0 radical (unpaired) electrons. The van der Waals surface area contributed by atoms with Gasteiger partial charge in [-0.1, -0.05) is 0 Å². The van der Waals surface area contributed by atoms with E-state index in [0.717, 1.165) is 0 Å². The highest BCUT2D eigenvalue weighted by Gasteiger charge is 2.12. The second kappa shape index (κ2) is 2.58. The van der Waals surface area contributed by atoms with Gasteiger partial charge in [-0.25, -0.2) is 4.98 Å². The van der Waals surface area contributed by atoms with Crippen molar-refractivity contribution in [1.82, 2.24) is 14.4 Å². The highest BCUT2D eigenvalue weighted by Crippen LogP contribution is 1.93. The van der Waals surface area contributed by atoms with Gasteiger partial charge in [0, 0.05) is 18.6 Å². The predicted molar refractivity (Wildman–Crippen MR) is 42.8 cm³/mol. The van der Waals surface area contributed by atoms with Crippen molar-refractivity contribution < 1.29 is 10.0 Å². The van der Waals surface area contributed by atoms with Gasteiger partial charge in [-0.3, -0.25) is 4.98 Å². The fourth-order valence-electron chi connectivity index (χ4n) is 0.975. The molecule has 0 amide bonds. The van der Waals surface area contributed by atoms with E-state index >= 15 is 0 Å². The van der Waals surface area contributed by atoms with Gasteiger partial charge < -0.3 is 14.4 Å². The second-order valence-electron chi connectivity index (χ2n) is 2.38. The minimum absolute atomic E-state index is 0.209. The van der Waals surface area contributed by atoms with E-state index in [9.17, 15) is 0 Å². The number of imidazole rings is 1. The number of aromatic nitrogens is 3. The van der Waals surface area contributed by atoms with Crippen LogP contribution in [-0.4, -0.2) is 31.5 Å². The van der Waals surface area contributed by atoms with Gasteiger partial charge >= 0.3 is 7.12 Å². The second-order valence-corrected chi connectivity index (χ2v) is 2.38. The largest absolute Gasteiger partial charge is 0.509 e. The number of hydrogen-bond donors (Lipinski definition) is 2. The first-order valence-electron chi connectivity index (χ1n) is 3.42. The molecule has 0 unspecified atom stereocenters. The van der Waals surface area contributed by atoms with Crippen molar-refractivity contribution in [3.8, 4) is 0 Å². The van der Waals surface area contributed by atoms with E-state index in [-0.39, 0.29) is 5.59 Å². The molecule has 2 heterocycles. The van der Waals surface area contributed by atoms with Crippen LogP contribution in [-0.2, 0) is 0 Å². The first kappa shape index (κ1) is 7.26. The van der Waals surface area contributed by atoms with Gasteiger partial charge in [0.15, 0.2) is 5.65 Å². The van der Waals surface area contributed by atoms with Crippen LogP contribution in [0, 0.1) is 0 Å². The number of hydrogen-bond acceptors (Lipinski definition) is 4. The minimum Gasteiger partial charge on any atom is -0.422 e. The summed E-state index contributed by atoms with van der Waals surface area (Å²) in [7, 11) is -1.53. The van der Waals surface area contributed by atoms with E-state index in [4.69, 9.17) is 10.0 Å². The molecule has 2 N–H and O–H groups in total. The number of nitrogens with zero attached hydrogens (tertiary/aromatic N) is 3. The summed E-state index contributed by atoms with van der Waals surface area (Å²) in [6, 6.07) is 0. The summed E-state index contributed by atoms with van der Waals surface area (Å²) in [4.78, 5) is 7.75. The molecule has 12 heavy (non-hydrogen) atoms. The molecule has 0 bridgehead atoms. The molecule has 0 aliphatic heterocycles. The molecule has 5 nitrogen and oxygen atoms in total. The van der Waals surface area contributed by atoms with Crippen LogP contribution in [0.15, 0.2) is 24.8 Å². The Kier molecular flexibility index (Phi) is 1.56. The topological polar surface area (TPSA) is 70.7 Å². The molecule has 2 aromatic heterocycles. The highest BCUT2D eigenvalue weighted by atomic mass is 16.4. The quantitative estimate of drug-likeness (QED) is 0.497. The first-order valence-corrected chi connectivity index (χ1v) is 3.42. The van der Waals surface area contributed by atoms with Gasteiger partial charge in [0.2, 0.25) is 0 Å². The Morgan fingerprint density at radius 3 is 2.92 bits per heavy atom. The smallest absolute Gasteiger partial charge is 0.422 e. The van der Waals surface area contributed by atoms with Gasteiger partial charge in [0.25, 0.3) is 0 Å². The SMILES string of the molecule is OB(O)c1cn2ccnc2cn1. The molecule has 60 valence electrons. The van der Waals surface area contributed by atoms with E-state index in [0.29, 0.717) is 5.65 Å². The van der Waals surface area contributed by atoms with Crippen molar-refractivity contribution in [2.24, 2.45) is 0 Å². The minimum atomic E-state index is -1.53. The van der Waals surface area contributed by atoms with Gasteiger partial charge in [-0.15, -0.1) is 0 Å². The van der Waals surface area contributed by atoms with E-state index in [1.165, 1.54) is 12.4 Å². The van der Waals surface area contributed by atoms with Gasteiger partial charge in [0.05, 0.1) is 11.8 Å². The van der Waals surface area contributed by atoms with Gasteiger partial charge in [0.1, 0.15) is 0 Å². The van der Waals surface area contributed by atoms with E-state index in [1.807, 2.05) is 0 Å². The molecule has 0 aliphatic rings. The monoisotopic (exact) mass is 163 g/mol. The van der Waals surface area contributed by atoms with E-state index in [2.05, 4.69) is 9.97 Å². The van der Waals surface area contributed by atoms with Gasteiger partial charge in [-0.05, 0) is 0 Å². The first-order chi connectivity index (χ1) is 5.77. The van der Waals surface area contributed by atoms with Crippen molar-refractivity contribution in [1.29, 1.82) is 0 Å². The maximum Gasteiger partial charge on any atom is 0.509 e. The number of fused-ring (bicyclic) bond motifs is 1. The Morgan fingerprint density at radius 2 is 2.17 bits per heavy atom. The average Bonchev–Trinajstić information content (AvgIpc) is 2.49. The molecule has 0 atom stereocenters. The maximum atomic E-state index is 8.78. The van der Waals surface area contributed by atoms with Crippen LogP contribution >= 0.6 is 0 Å². The molecule has 2 rings (SSSR count). The predicted octanol–water partition coefficient (Wildman–Crippen LogP) is -1.59. The van der Waals surface area contributed by atoms with Crippen LogP contribution in [0.2, 0.25) is 0 Å². The maximum absolute atomic E-state index is 8.78. The lowest BCUT2D eigenvalue weighted by atomic mass is 9.87. The third-order valence-corrected chi connectivity index (χ3v) is 1.56. The van der Waals surface area contributed by atoms with E-state index < -0.39 is 7.12 Å². The Bertz CT molecular complexity index is 400. The standard InChI is InChI=1S/C6H6BN3O2/c11-7(12)5-4-10-2-1-8-6(10)3-9-5/h1-4,11-12H. The summed E-state index contributed by atoms with van der Waals surface area (Å²) in [6.07, 6.45) is 6.33. The molecule has 0 saturated carbocycles. The molecule has 0 aromatic carbocycles. The lowest BCUT2D eigenvalue weighted by molar-refractivity contribution is 0.424. The van der Waals surface area contributed by atoms with Crippen molar-refractivity contribution in [2.75, 3.05) is 0 Å². The third-order valence-electron chi connectivity index (χ3n) is 1.56. The van der Waals surface area contributed by atoms with Crippen molar-refractivity contribution in [3.05, 3.63) is 24.8 Å². The lowest BCUT2D eigenvalue weighted by Gasteiger charge is -1.98. The number of rotatable bonds is 1. The summed E-state index contributed by atoms with van der Waals surface area (Å²) >= 11 is 0. The fourth-order valence-corrected chi connectivity index (χ4v) is 0.975. The lowest BCUT2D eigenvalue weighted by Crippen LogP contribution is -2.33.